The number of fused-ring (bicyclic) bond motifs is 13. The lowest BCUT2D eigenvalue weighted by Gasteiger charge is -2.41. The average Bonchev–Trinajstić information content (AvgIpc) is 3.75. The van der Waals surface area contributed by atoms with E-state index < -0.39 is 5.41 Å². The Bertz CT molecular complexity index is 3110. The number of benzene rings is 9. The molecule has 10 aromatic rings. The molecule has 2 heterocycles. The highest BCUT2D eigenvalue weighted by Crippen LogP contribution is 2.62. The van der Waals surface area contributed by atoms with Gasteiger partial charge in [-0.15, -0.1) is 0 Å². The summed E-state index contributed by atoms with van der Waals surface area (Å²) in [6.45, 7) is 0. The van der Waals surface area contributed by atoms with E-state index in [1.165, 1.54) is 82.8 Å². The van der Waals surface area contributed by atoms with Crippen molar-refractivity contribution in [2.45, 2.75) is 5.41 Å². The van der Waals surface area contributed by atoms with Crippen LogP contribution in [0.3, 0.4) is 0 Å². The first-order valence-electron chi connectivity index (χ1n) is 19.1. The first-order valence-corrected chi connectivity index (χ1v) is 19.1. The van der Waals surface area contributed by atoms with Gasteiger partial charge in [0.25, 0.3) is 0 Å². The third kappa shape index (κ3) is 4.08. The van der Waals surface area contributed by atoms with Crippen LogP contribution < -0.4 is 4.90 Å². The molecular formula is C53H34N2. The number of aromatic nitrogens is 1. The van der Waals surface area contributed by atoms with Crippen LogP contribution in [-0.4, -0.2) is 4.57 Å². The fourth-order valence-corrected chi connectivity index (χ4v) is 9.94. The molecule has 0 fully saturated rings. The summed E-state index contributed by atoms with van der Waals surface area (Å²) in [4.78, 5) is 2.46. The molecule has 0 unspecified atom stereocenters. The van der Waals surface area contributed by atoms with Gasteiger partial charge in [-0.3, -0.25) is 0 Å². The molecule has 1 spiro atoms. The summed E-state index contributed by atoms with van der Waals surface area (Å²) in [6, 6.07) is 76.3. The third-order valence-corrected chi connectivity index (χ3v) is 12.2. The highest BCUT2D eigenvalue weighted by atomic mass is 15.2. The van der Waals surface area contributed by atoms with Gasteiger partial charge in [0.1, 0.15) is 0 Å². The summed E-state index contributed by atoms with van der Waals surface area (Å²) in [7, 11) is 0. The van der Waals surface area contributed by atoms with Crippen LogP contribution in [0.5, 0.6) is 0 Å². The van der Waals surface area contributed by atoms with Gasteiger partial charge < -0.3 is 9.47 Å². The lowest BCUT2D eigenvalue weighted by Crippen LogP contribution is -2.34. The Hall–Kier alpha value is -7.16. The summed E-state index contributed by atoms with van der Waals surface area (Å²) < 4.78 is 2.57. The molecule has 0 atom stereocenters. The monoisotopic (exact) mass is 698 g/mol. The first kappa shape index (κ1) is 30.3. The minimum absolute atomic E-state index is 0.509. The zero-order chi connectivity index (χ0) is 36.1. The molecular weight excluding hydrogens is 665 g/mol. The van der Waals surface area contributed by atoms with Crippen LogP contribution in [-0.2, 0) is 5.41 Å². The number of anilines is 3. The second kappa shape index (κ2) is 11.4. The van der Waals surface area contributed by atoms with Crippen LogP contribution in [0.2, 0.25) is 0 Å². The fourth-order valence-electron chi connectivity index (χ4n) is 9.94. The molecule has 1 aliphatic carbocycles. The van der Waals surface area contributed by atoms with Crippen LogP contribution in [0.15, 0.2) is 206 Å². The summed E-state index contributed by atoms with van der Waals surface area (Å²) in [5.41, 5.74) is 16.9. The average molecular weight is 699 g/mol. The Balaban J connectivity index is 1.17. The highest BCUT2D eigenvalue weighted by molar-refractivity contribution is 6.13. The van der Waals surface area contributed by atoms with Crippen LogP contribution in [0.1, 0.15) is 22.3 Å². The Labute approximate surface area is 319 Å². The van der Waals surface area contributed by atoms with Gasteiger partial charge in [-0.1, -0.05) is 164 Å². The predicted octanol–water partition coefficient (Wildman–Crippen LogP) is 13.8. The van der Waals surface area contributed by atoms with E-state index in [4.69, 9.17) is 0 Å². The first-order chi connectivity index (χ1) is 27.3. The van der Waals surface area contributed by atoms with Crippen molar-refractivity contribution in [3.05, 3.63) is 229 Å². The largest absolute Gasteiger partial charge is 0.308 e. The Kier molecular flexibility index (Phi) is 6.29. The van der Waals surface area contributed by atoms with Gasteiger partial charge in [0.05, 0.1) is 27.8 Å². The molecule has 1 aliphatic heterocycles. The molecule has 2 aliphatic rings. The molecule has 0 saturated carbocycles. The van der Waals surface area contributed by atoms with E-state index in [1.807, 2.05) is 0 Å². The maximum absolute atomic E-state index is 2.57. The predicted molar refractivity (Wildman–Crippen MR) is 229 cm³/mol. The lowest BCUT2D eigenvalue weighted by atomic mass is 9.65. The fraction of sp³-hybridized carbons (Fsp3) is 0.0189. The minimum atomic E-state index is -0.509. The zero-order valence-electron chi connectivity index (χ0n) is 30.0. The van der Waals surface area contributed by atoms with Crippen molar-refractivity contribution in [1.82, 2.24) is 4.57 Å². The van der Waals surface area contributed by atoms with Crippen molar-refractivity contribution in [2.75, 3.05) is 4.90 Å². The smallest absolute Gasteiger partial charge is 0.0755 e. The zero-order valence-corrected chi connectivity index (χ0v) is 30.0. The van der Waals surface area contributed by atoms with E-state index in [0.717, 1.165) is 17.1 Å². The van der Waals surface area contributed by atoms with Crippen molar-refractivity contribution in [2.24, 2.45) is 0 Å². The van der Waals surface area contributed by atoms with Gasteiger partial charge in [-0.25, -0.2) is 0 Å². The molecule has 0 bridgehead atoms. The number of rotatable bonds is 4. The Morgan fingerprint density at radius 1 is 0.382 bits per heavy atom. The summed E-state index contributed by atoms with van der Waals surface area (Å²) in [5, 5.41) is 5.05. The summed E-state index contributed by atoms with van der Waals surface area (Å²) in [5.74, 6) is 0. The van der Waals surface area contributed by atoms with Crippen LogP contribution >= 0.6 is 0 Å². The number of nitrogens with zero attached hydrogens (tertiary/aromatic N) is 2. The third-order valence-electron chi connectivity index (χ3n) is 12.2. The van der Waals surface area contributed by atoms with Gasteiger partial charge in [-0.05, 0) is 97.7 Å². The quantitative estimate of drug-likeness (QED) is 0.178. The topological polar surface area (TPSA) is 8.17 Å². The van der Waals surface area contributed by atoms with Gasteiger partial charge in [0.15, 0.2) is 0 Å². The lowest BCUT2D eigenvalue weighted by molar-refractivity contribution is 0.748. The maximum atomic E-state index is 2.57. The Morgan fingerprint density at radius 3 is 1.76 bits per heavy atom. The molecule has 9 aromatic carbocycles. The van der Waals surface area contributed by atoms with Crippen LogP contribution in [0, 0.1) is 0 Å². The SMILES string of the molecule is c1ccc(N(c2ccc(-c3ccc4ccccc4c3)cc2)c2cccc3c2-n2c4ccccc4c4cccc(c42)C32c3ccccc3-c3ccccc32)cc1. The Morgan fingerprint density at radius 2 is 0.964 bits per heavy atom. The van der Waals surface area contributed by atoms with E-state index in [-0.39, 0.29) is 0 Å². The van der Waals surface area contributed by atoms with Crippen molar-refractivity contribution in [3.63, 3.8) is 0 Å². The normalized spacial score (nSPS) is 13.2. The second-order valence-corrected chi connectivity index (χ2v) is 14.8. The highest BCUT2D eigenvalue weighted by Gasteiger charge is 2.51. The van der Waals surface area contributed by atoms with Crippen molar-refractivity contribution in [3.8, 4) is 27.9 Å². The molecule has 12 rings (SSSR count). The van der Waals surface area contributed by atoms with Gasteiger partial charge in [0, 0.05) is 22.1 Å². The van der Waals surface area contributed by atoms with Crippen molar-refractivity contribution >= 4 is 49.6 Å². The number of para-hydroxylation sites is 4. The standard InChI is InChI=1S/C53H34N2/c1-2-16-39(17-3-1)54(40-32-30-36(31-33-40)38-29-28-35-14-4-5-15-37(35)34-38)50-27-13-25-48-52(50)55-49-26-11-8-20-43(49)44-21-12-24-47(51(44)55)53(48)45-22-9-6-18-41(45)42-19-7-10-23-46(42)53/h1-34H. The minimum Gasteiger partial charge on any atom is -0.308 e. The molecule has 2 heteroatoms. The summed E-state index contributed by atoms with van der Waals surface area (Å²) in [6.07, 6.45) is 0. The van der Waals surface area contributed by atoms with E-state index in [1.54, 1.807) is 0 Å². The van der Waals surface area contributed by atoms with Crippen molar-refractivity contribution in [1.29, 1.82) is 0 Å². The van der Waals surface area contributed by atoms with E-state index in [2.05, 4.69) is 216 Å². The molecule has 2 nitrogen and oxygen atoms in total. The molecule has 0 N–H and O–H groups in total. The van der Waals surface area contributed by atoms with E-state index in [9.17, 15) is 0 Å². The van der Waals surface area contributed by atoms with Gasteiger partial charge >= 0.3 is 0 Å². The molecule has 256 valence electrons. The van der Waals surface area contributed by atoms with E-state index >= 15 is 0 Å². The molecule has 0 radical (unpaired) electrons. The number of hydrogen-bond acceptors (Lipinski definition) is 1. The number of hydrogen-bond donors (Lipinski definition) is 0. The molecule has 0 saturated heterocycles. The summed E-state index contributed by atoms with van der Waals surface area (Å²) >= 11 is 0. The van der Waals surface area contributed by atoms with Crippen LogP contribution in [0.25, 0.3) is 60.5 Å². The van der Waals surface area contributed by atoms with Gasteiger partial charge in [-0.2, -0.15) is 0 Å². The molecule has 55 heavy (non-hydrogen) atoms. The maximum Gasteiger partial charge on any atom is 0.0755 e. The second-order valence-electron chi connectivity index (χ2n) is 14.8. The van der Waals surface area contributed by atoms with Crippen LogP contribution in [0.4, 0.5) is 17.1 Å². The van der Waals surface area contributed by atoms with Gasteiger partial charge in [0.2, 0.25) is 0 Å². The van der Waals surface area contributed by atoms with E-state index in [0.29, 0.717) is 0 Å². The molecule has 0 amide bonds. The molecule has 1 aromatic heterocycles. The van der Waals surface area contributed by atoms with Crippen molar-refractivity contribution < 1.29 is 0 Å².